The van der Waals surface area contributed by atoms with Crippen molar-refractivity contribution in [3.8, 4) is 5.75 Å². The largest absolute Gasteiger partial charge is 0.489 e. The van der Waals surface area contributed by atoms with Crippen molar-refractivity contribution in [3.63, 3.8) is 0 Å². The van der Waals surface area contributed by atoms with Crippen LogP contribution in [0.3, 0.4) is 0 Å². The molecule has 0 aliphatic rings. The second-order valence-corrected chi connectivity index (χ2v) is 6.99. The average Bonchev–Trinajstić information content (AvgIpc) is 3.05. The lowest BCUT2D eigenvalue weighted by Gasteiger charge is -2.14. The van der Waals surface area contributed by atoms with Gasteiger partial charge in [0.2, 0.25) is 0 Å². The highest BCUT2D eigenvalue weighted by Crippen LogP contribution is 2.18. The Bertz CT molecular complexity index is 945. The average molecular weight is 377 g/mol. The van der Waals surface area contributed by atoms with Gasteiger partial charge in [0, 0.05) is 23.9 Å². The molecule has 3 rings (SSSR count). The zero-order valence-corrected chi connectivity index (χ0v) is 16.9. The number of rotatable bonds is 7. The van der Waals surface area contributed by atoms with E-state index in [0.29, 0.717) is 12.2 Å². The van der Waals surface area contributed by atoms with E-state index in [9.17, 15) is 4.79 Å². The van der Waals surface area contributed by atoms with Crippen molar-refractivity contribution in [2.24, 2.45) is 7.05 Å². The van der Waals surface area contributed by atoms with E-state index in [1.54, 1.807) is 6.20 Å². The smallest absolute Gasteiger partial charge is 0.251 e. The first-order chi connectivity index (χ1) is 13.5. The number of nitrogens with zero attached hydrogens (tertiary/aromatic N) is 2. The third-order valence-corrected chi connectivity index (χ3v) is 5.01. The zero-order valence-electron chi connectivity index (χ0n) is 16.9. The molecule has 2 aromatic carbocycles. The molecule has 28 heavy (non-hydrogen) atoms. The Labute approximate surface area is 166 Å². The van der Waals surface area contributed by atoms with Crippen LogP contribution in [-0.2, 0) is 20.1 Å². The van der Waals surface area contributed by atoms with Gasteiger partial charge in [-0.25, -0.2) is 0 Å². The summed E-state index contributed by atoms with van der Waals surface area (Å²) in [5.41, 5.74) is 4.92. The molecular formula is C23H27N3O2. The van der Waals surface area contributed by atoms with Crippen LogP contribution >= 0.6 is 0 Å². The molecule has 1 unspecified atom stereocenters. The molecule has 5 heteroatoms. The second kappa shape index (κ2) is 8.74. The van der Waals surface area contributed by atoms with Gasteiger partial charge in [-0.1, -0.05) is 31.2 Å². The summed E-state index contributed by atoms with van der Waals surface area (Å²) in [4.78, 5) is 12.7. The number of benzene rings is 2. The Morgan fingerprint density at radius 2 is 1.93 bits per heavy atom. The van der Waals surface area contributed by atoms with Crippen LogP contribution < -0.4 is 10.1 Å². The maximum atomic E-state index is 12.7. The van der Waals surface area contributed by atoms with Crippen LogP contribution in [0.5, 0.6) is 5.75 Å². The van der Waals surface area contributed by atoms with Crippen molar-refractivity contribution in [1.29, 1.82) is 0 Å². The van der Waals surface area contributed by atoms with E-state index in [2.05, 4.69) is 29.5 Å². The Morgan fingerprint density at radius 3 is 2.57 bits per heavy atom. The molecule has 1 aromatic heterocycles. The number of ether oxygens (including phenoxy) is 1. The van der Waals surface area contributed by atoms with Gasteiger partial charge in [0.15, 0.2) is 0 Å². The number of aromatic nitrogens is 2. The summed E-state index contributed by atoms with van der Waals surface area (Å²) in [6.07, 6.45) is 2.81. The summed E-state index contributed by atoms with van der Waals surface area (Å²) in [7, 11) is 1.90. The van der Waals surface area contributed by atoms with Gasteiger partial charge in [0.05, 0.1) is 12.2 Å². The van der Waals surface area contributed by atoms with E-state index in [-0.39, 0.29) is 11.9 Å². The maximum Gasteiger partial charge on any atom is 0.251 e. The fourth-order valence-electron chi connectivity index (χ4n) is 3.09. The third kappa shape index (κ3) is 4.60. The number of amides is 1. The molecule has 1 N–H and O–H groups in total. The molecule has 0 aliphatic heterocycles. The Morgan fingerprint density at radius 1 is 1.18 bits per heavy atom. The summed E-state index contributed by atoms with van der Waals surface area (Å²) in [6.45, 7) is 6.51. The summed E-state index contributed by atoms with van der Waals surface area (Å²) >= 11 is 0. The Hall–Kier alpha value is -3.08. The van der Waals surface area contributed by atoms with Crippen molar-refractivity contribution in [1.82, 2.24) is 15.1 Å². The molecule has 1 heterocycles. The van der Waals surface area contributed by atoms with Gasteiger partial charge in [0.1, 0.15) is 12.4 Å². The summed E-state index contributed by atoms with van der Waals surface area (Å²) in [6, 6.07) is 15.5. The highest BCUT2D eigenvalue weighted by Gasteiger charge is 2.16. The molecule has 0 spiro atoms. The van der Waals surface area contributed by atoms with Crippen LogP contribution in [-0.4, -0.2) is 15.7 Å². The van der Waals surface area contributed by atoms with Crippen molar-refractivity contribution in [3.05, 3.63) is 82.7 Å². The van der Waals surface area contributed by atoms with E-state index in [0.717, 1.165) is 29.0 Å². The number of nitrogens with one attached hydrogen (secondary N) is 1. The SMILES string of the molecule is CCc1ccc(OCc2cccc(C(=O)NC(C)c3cnn(C)c3C)c2)cc1. The number of carbonyl (C=O) groups excluding carboxylic acids is 1. The van der Waals surface area contributed by atoms with E-state index < -0.39 is 0 Å². The predicted molar refractivity (Wildman–Crippen MR) is 110 cm³/mol. The van der Waals surface area contributed by atoms with Gasteiger partial charge in [-0.2, -0.15) is 5.10 Å². The number of hydrogen-bond acceptors (Lipinski definition) is 3. The molecule has 1 atom stereocenters. The lowest BCUT2D eigenvalue weighted by molar-refractivity contribution is 0.0939. The lowest BCUT2D eigenvalue weighted by Crippen LogP contribution is -2.27. The van der Waals surface area contributed by atoms with Crippen molar-refractivity contribution in [2.75, 3.05) is 0 Å². The molecular weight excluding hydrogens is 350 g/mol. The molecule has 0 fully saturated rings. The van der Waals surface area contributed by atoms with Crippen LogP contribution in [0, 0.1) is 6.92 Å². The Balaban J connectivity index is 1.63. The molecule has 0 saturated heterocycles. The second-order valence-electron chi connectivity index (χ2n) is 6.99. The summed E-state index contributed by atoms with van der Waals surface area (Å²) in [5.74, 6) is 0.720. The van der Waals surface area contributed by atoms with E-state index in [1.807, 2.05) is 62.0 Å². The first-order valence-corrected chi connectivity index (χ1v) is 9.58. The van der Waals surface area contributed by atoms with Crippen molar-refractivity contribution < 1.29 is 9.53 Å². The fourth-order valence-corrected chi connectivity index (χ4v) is 3.09. The summed E-state index contributed by atoms with van der Waals surface area (Å²) in [5, 5.41) is 7.29. The van der Waals surface area contributed by atoms with Crippen LogP contribution in [0.15, 0.2) is 54.7 Å². The molecule has 1 amide bonds. The lowest BCUT2D eigenvalue weighted by atomic mass is 10.1. The molecule has 0 radical (unpaired) electrons. The van der Waals surface area contributed by atoms with Gasteiger partial charge in [-0.3, -0.25) is 9.48 Å². The topological polar surface area (TPSA) is 56.1 Å². The van der Waals surface area contributed by atoms with Gasteiger partial charge in [-0.05, 0) is 55.7 Å². The minimum Gasteiger partial charge on any atom is -0.489 e. The first kappa shape index (κ1) is 19.7. The molecule has 0 bridgehead atoms. The van der Waals surface area contributed by atoms with Crippen molar-refractivity contribution >= 4 is 5.91 Å². The van der Waals surface area contributed by atoms with Gasteiger partial charge >= 0.3 is 0 Å². The van der Waals surface area contributed by atoms with Crippen LogP contribution in [0.2, 0.25) is 0 Å². The normalized spacial score (nSPS) is 11.9. The molecule has 5 nitrogen and oxygen atoms in total. The highest BCUT2D eigenvalue weighted by atomic mass is 16.5. The monoisotopic (exact) mass is 377 g/mol. The molecule has 0 saturated carbocycles. The first-order valence-electron chi connectivity index (χ1n) is 9.58. The molecule has 146 valence electrons. The molecule has 0 aliphatic carbocycles. The number of aryl methyl sites for hydroxylation is 2. The summed E-state index contributed by atoms with van der Waals surface area (Å²) < 4.78 is 7.66. The van der Waals surface area contributed by atoms with Crippen LogP contribution in [0.25, 0.3) is 0 Å². The quantitative estimate of drug-likeness (QED) is 0.665. The van der Waals surface area contributed by atoms with Gasteiger partial charge in [0.25, 0.3) is 5.91 Å². The molecule has 3 aromatic rings. The van der Waals surface area contributed by atoms with Crippen LogP contribution in [0.4, 0.5) is 0 Å². The van der Waals surface area contributed by atoms with Crippen LogP contribution in [0.1, 0.15) is 52.6 Å². The van der Waals surface area contributed by atoms with E-state index >= 15 is 0 Å². The predicted octanol–water partition coefficient (Wildman–Crippen LogP) is 4.36. The standard InChI is InChI=1S/C23H27N3O2/c1-5-18-9-11-21(12-10-18)28-15-19-7-6-8-20(13-19)23(27)25-16(2)22-14-24-26(4)17(22)3/h6-14,16H,5,15H2,1-4H3,(H,25,27). The minimum atomic E-state index is -0.113. The van der Waals surface area contributed by atoms with E-state index in [1.165, 1.54) is 5.56 Å². The van der Waals surface area contributed by atoms with Gasteiger partial charge in [-0.15, -0.1) is 0 Å². The zero-order chi connectivity index (χ0) is 20.1. The third-order valence-electron chi connectivity index (χ3n) is 5.01. The Kier molecular flexibility index (Phi) is 6.14. The minimum absolute atomic E-state index is 0.107. The maximum absolute atomic E-state index is 12.7. The number of carbonyl (C=O) groups is 1. The number of hydrogen-bond donors (Lipinski definition) is 1. The van der Waals surface area contributed by atoms with E-state index in [4.69, 9.17) is 4.74 Å². The highest BCUT2D eigenvalue weighted by molar-refractivity contribution is 5.94. The fraction of sp³-hybridized carbons (Fsp3) is 0.304. The van der Waals surface area contributed by atoms with Gasteiger partial charge < -0.3 is 10.1 Å². The van der Waals surface area contributed by atoms with Crippen molar-refractivity contribution in [2.45, 2.75) is 39.8 Å².